The van der Waals surface area contributed by atoms with Gasteiger partial charge in [-0.1, -0.05) is 36.4 Å². The van der Waals surface area contributed by atoms with Gasteiger partial charge in [-0.2, -0.15) is 9.61 Å². The summed E-state index contributed by atoms with van der Waals surface area (Å²) in [5, 5.41) is 18.8. The van der Waals surface area contributed by atoms with Gasteiger partial charge in [0.1, 0.15) is 0 Å². The van der Waals surface area contributed by atoms with Crippen molar-refractivity contribution < 1.29 is 9.69 Å². The van der Waals surface area contributed by atoms with E-state index >= 15 is 0 Å². The Morgan fingerprint density at radius 2 is 1.81 bits per heavy atom. The molecule has 1 fully saturated rings. The van der Waals surface area contributed by atoms with Gasteiger partial charge in [-0.25, -0.2) is 0 Å². The minimum Gasteiger partial charge on any atom is -0.327 e. The predicted molar refractivity (Wildman–Crippen MR) is 121 cm³/mol. The molecule has 31 heavy (non-hydrogen) atoms. The lowest BCUT2D eigenvalue weighted by Crippen LogP contribution is -3.13. The molecule has 0 spiro atoms. The predicted octanol–water partition coefficient (Wildman–Crippen LogP) is 2.57. The Morgan fingerprint density at radius 1 is 1.03 bits per heavy atom. The molecule has 1 aliphatic rings. The molecule has 0 radical (unpaired) electrons. The van der Waals surface area contributed by atoms with Crippen LogP contribution < -0.4 is 10.2 Å². The molecule has 4 aromatic rings. The van der Waals surface area contributed by atoms with E-state index in [1.807, 2.05) is 50.2 Å². The molecule has 0 aliphatic carbocycles. The summed E-state index contributed by atoms with van der Waals surface area (Å²) in [6.45, 7) is 6.68. The lowest BCUT2D eigenvalue weighted by atomic mass is 10.1. The second-order valence-corrected chi connectivity index (χ2v) is 8.46. The topological polar surface area (TPSA) is 76.6 Å². The fourth-order valence-corrected chi connectivity index (χ4v) is 4.47. The van der Waals surface area contributed by atoms with Gasteiger partial charge >= 0.3 is 0 Å². The highest BCUT2D eigenvalue weighted by Crippen LogP contribution is 2.27. The molecular formula is C24H27N6O+. The summed E-state index contributed by atoms with van der Waals surface area (Å²) in [7, 11) is 0. The van der Waals surface area contributed by atoms with Crippen LogP contribution in [-0.4, -0.2) is 45.4 Å². The molecular weight excluding hydrogens is 388 g/mol. The highest BCUT2D eigenvalue weighted by molar-refractivity contribution is 5.96. The molecule has 1 aliphatic heterocycles. The monoisotopic (exact) mass is 415 g/mol. The fourth-order valence-electron chi connectivity index (χ4n) is 4.47. The van der Waals surface area contributed by atoms with E-state index in [0.29, 0.717) is 12.4 Å². The number of hydrogen-bond donors (Lipinski definition) is 2. The Labute approximate surface area is 181 Å². The Balaban J connectivity index is 1.47. The summed E-state index contributed by atoms with van der Waals surface area (Å²) in [4.78, 5) is 14.0. The number of carbonyl (C=O) groups excluding carboxylic acids is 1. The van der Waals surface area contributed by atoms with Crippen molar-refractivity contribution in [3.63, 3.8) is 0 Å². The van der Waals surface area contributed by atoms with Crippen molar-refractivity contribution in [1.82, 2.24) is 19.8 Å². The first kappa shape index (κ1) is 19.6. The smallest absolute Gasteiger partial charge is 0.279 e. The average Bonchev–Trinajstić information content (AvgIpc) is 3.20. The lowest BCUT2D eigenvalue weighted by molar-refractivity contribution is -0.896. The SMILES string of the molecule is Cc1ccc(-c2nnc3c4ccccc4c(C)nn23)cc1NC(=O)C[NH+]1CCCCC1. The third kappa shape index (κ3) is 3.77. The van der Waals surface area contributed by atoms with Gasteiger partial charge in [0.2, 0.25) is 0 Å². The summed E-state index contributed by atoms with van der Waals surface area (Å²) in [5.74, 6) is 0.726. The van der Waals surface area contributed by atoms with Crippen LogP contribution in [0, 0.1) is 13.8 Å². The van der Waals surface area contributed by atoms with Gasteiger partial charge in [-0.05, 0) is 44.7 Å². The Bertz CT molecular complexity index is 1270. The summed E-state index contributed by atoms with van der Waals surface area (Å²) in [6.07, 6.45) is 3.69. The van der Waals surface area contributed by atoms with Crippen LogP contribution >= 0.6 is 0 Å². The molecule has 0 atom stereocenters. The van der Waals surface area contributed by atoms with E-state index in [9.17, 15) is 4.79 Å². The molecule has 2 N–H and O–H groups in total. The minimum atomic E-state index is 0.0585. The second-order valence-electron chi connectivity index (χ2n) is 8.46. The van der Waals surface area contributed by atoms with E-state index < -0.39 is 0 Å². The first-order valence-electron chi connectivity index (χ1n) is 11.0. The molecule has 7 nitrogen and oxygen atoms in total. The maximum atomic E-state index is 12.7. The number of benzene rings is 2. The number of aryl methyl sites for hydroxylation is 2. The van der Waals surface area contributed by atoms with Crippen LogP contribution in [0.25, 0.3) is 27.8 Å². The van der Waals surface area contributed by atoms with E-state index in [-0.39, 0.29) is 5.91 Å². The van der Waals surface area contributed by atoms with Gasteiger partial charge in [-0.3, -0.25) is 4.79 Å². The van der Waals surface area contributed by atoms with Crippen molar-refractivity contribution in [2.24, 2.45) is 0 Å². The third-order valence-corrected chi connectivity index (χ3v) is 6.19. The summed E-state index contributed by atoms with van der Waals surface area (Å²) >= 11 is 0. The van der Waals surface area contributed by atoms with Crippen molar-refractivity contribution in [3.05, 3.63) is 53.7 Å². The van der Waals surface area contributed by atoms with Crippen molar-refractivity contribution in [2.75, 3.05) is 25.0 Å². The average molecular weight is 416 g/mol. The van der Waals surface area contributed by atoms with Gasteiger partial charge in [-0.15, -0.1) is 10.2 Å². The highest BCUT2D eigenvalue weighted by Gasteiger charge is 2.19. The molecule has 0 unspecified atom stereocenters. The minimum absolute atomic E-state index is 0.0585. The third-order valence-electron chi connectivity index (χ3n) is 6.19. The van der Waals surface area contributed by atoms with Crippen LogP contribution in [0.4, 0.5) is 5.69 Å². The van der Waals surface area contributed by atoms with E-state index in [2.05, 4.69) is 21.6 Å². The maximum absolute atomic E-state index is 12.7. The van der Waals surface area contributed by atoms with Gasteiger partial charge < -0.3 is 10.2 Å². The standard InChI is InChI=1S/C24H26N6O/c1-16-10-11-18(14-21(16)25-22(31)15-29-12-6-3-7-13-29)23-26-27-24-20-9-5-4-8-19(20)17(2)28-30(23)24/h4-5,8-11,14H,3,6-7,12-13,15H2,1-2H3,(H,25,31)/p+1. The number of nitrogens with zero attached hydrogens (tertiary/aromatic N) is 4. The van der Waals surface area contributed by atoms with Crippen LogP contribution in [0.5, 0.6) is 0 Å². The summed E-state index contributed by atoms with van der Waals surface area (Å²) < 4.78 is 1.80. The number of aromatic nitrogens is 4. The summed E-state index contributed by atoms with van der Waals surface area (Å²) in [6, 6.07) is 14.1. The number of anilines is 1. The van der Waals surface area contributed by atoms with Crippen LogP contribution in [-0.2, 0) is 4.79 Å². The number of hydrogen-bond acceptors (Lipinski definition) is 4. The van der Waals surface area contributed by atoms with Gasteiger partial charge in [0.05, 0.1) is 18.8 Å². The van der Waals surface area contributed by atoms with Crippen molar-refractivity contribution in [1.29, 1.82) is 0 Å². The number of carbonyl (C=O) groups is 1. The molecule has 3 heterocycles. The normalized spacial score (nSPS) is 14.9. The van der Waals surface area contributed by atoms with E-state index in [4.69, 9.17) is 5.10 Å². The van der Waals surface area contributed by atoms with Crippen molar-refractivity contribution >= 4 is 28.0 Å². The number of quaternary nitrogens is 1. The number of piperidine rings is 1. The fraction of sp³-hybridized carbons (Fsp3) is 0.333. The molecule has 1 amide bonds. The largest absolute Gasteiger partial charge is 0.327 e. The Hall–Kier alpha value is -3.32. The molecule has 2 aromatic carbocycles. The van der Waals surface area contributed by atoms with Crippen LogP contribution in [0.1, 0.15) is 30.5 Å². The van der Waals surface area contributed by atoms with Crippen LogP contribution in [0.15, 0.2) is 42.5 Å². The molecule has 0 saturated carbocycles. The highest BCUT2D eigenvalue weighted by atomic mass is 16.2. The molecule has 1 saturated heterocycles. The van der Waals surface area contributed by atoms with E-state index in [0.717, 1.165) is 52.0 Å². The zero-order valence-corrected chi connectivity index (χ0v) is 18.0. The number of nitrogens with one attached hydrogen (secondary N) is 2. The van der Waals surface area contributed by atoms with Crippen LogP contribution in [0.2, 0.25) is 0 Å². The molecule has 5 rings (SSSR count). The first-order valence-corrected chi connectivity index (χ1v) is 11.0. The van der Waals surface area contributed by atoms with E-state index in [1.54, 1.807) is 4.52 Å². The molecule has 7 heteroatoms. The van der Waals surface area contributed by atoms with Crippen molar-refractivity contribution in [3.8, 4) is 11.4 Å². The molecule has 158 valence electrons. The molecule has 2 aromatic heterocycles. The number of fused-ring (bicyclic) bond motifs is 3. The van der Waals surface area contributed by atoms with Gasteiger partial charge in [0.25, 0.3) is 5.91 Å². The zero-order chi connectivity index (χ0) is 21.4. The first-order chi connectivity index (χ1) is 15.1. The van der Waals surface area contributed by atoms with Gasteiger partial charge in [0, 0.05) is 22.0 Å². The lowest BCUT2D eigenvalue weighted by Gasteiger charge is -2.23. The number of likely N-dealkylation sites (tertiary alicyclic amines) is 1. The summed E-state index contributed by atoms with van der Waals surface area (Å²) in [5.41, 5.74) is 4.37. The molecule has 0 bridgehead atoms. The number of rotatable bonds is 4. The van der Waals surface area contributed by atoms with Gasteiger partial charge in [0.15, 0.2) is 18.0 Å². The second kappa shape index (κ2) is 8.07. The number of amides is 1. The van der Waals surface area contributed by atoms with E-state index in [1.165, 1.54) is 24.2 Å². The maximum Gasteiger partial charge on any atom is 0.279 e. The quantitative estimate of drug-likeness (QED) is 0.537. The Morgan fingerprint density at radius 3 is 2.61 bits per heavy atom. The van der Waals surface area contributed by atoms with Crippen LogP contribution in [0.3, 0.4) is 0 Å². The zero-order valence-electron chi connectivity index (χ0n) is 18.0. The Kier molecular flexibility index (Phi) is 5.11. The van der Waals surface area contributed by atoms with Crippen molar-refractivity contribution in [2.45, 2.75) is 33.1 Å².